The highest BCUT2D eigenvalue weighted by molar-refractivity contribution is 7.87. The van der Waals surface area contributed by atoms with Gasteiger partial charge in [0.25, 0.3) is 5.91 Å². The number of carboxylic acids is 1. The van der Waals surface area contributed by atoms with E-state index < -0.39 is 27.5 Å². The SMILES string of the molecule is COc1ccc2c(c1)[C@H]1CN(Cc3ccccc3)C[C@@]1(C(=O)O)Cn1c-2c(C2CCCCC2)c2ccc(C(=O)NS(=O)(=O)N(C)C)cc21. The van der Waals surface area contributed by atoms with E-state index in [9.17, 15) is 23.1 Å². The number of aliphatic carboxylic acids is 1. The smallest absolute Gasteiger partial charge is 0.313 e. The van der Waals surface area contributed by atoms with Crippen molar-refractivity contribution in [3.05, 3.63) is 89.0 Å². The molecule has 2 N–H and O–H groups in total. The largest absolute Gasteiger partial charge is 0.497 e. The minimum atomic E-state index is -4.01. The molecule has 2 atom stereocenters. The maximum atomic E-state index is 13.7. The molecule has 1 aliphatic carbocycles. The number of fused-ring (bicyclic) bond motifs is 7. The number of benzene rings is 3. The van der Waals surface area contributed by atoms with Gasteiger partial charge in [0, 0.05) is 68.2 Å². The van der Waals surface area contributed by atoms with E-state index in [1.165, 1.54) is 26.1 Å². The first-order chi connectivity index (χ1) is 23.0. The molecule has 3 aliphatic rings. The highest BCUT2D eigenvalue weighted by atomic mass is 32.2. The number of carbonyl (C=O) groups excluding carboxylic acids is 1. The quantitative estimate of drug-likeness (QED) is 0.251. The van der Waals surface area contributed by atoms with Gasteiger partial charge in [0.1, 0.15) is 11.2 Å². The number of carbonyl (C=O) groups is 2. The molecule has 11 heteroatoms. The third kappa shape index (κ3) is 5.47. The van der Waals surface area contributed by atoms with Crippen LogP contribution in [0, 0.1) is 5.41 Å². The number of ether oxygens (including phenoxy) is 1. The number of carboxylic acid groups (broad SMARTS) is 1. The Morgan fingerprint density at radius 3 is 2.44 bits per heavy atom. The van der Waals surface area contributed by atoms with E-state index in [4.69, 9.17) is 4.74 Å². The van der Waals surface area contributed by atoms with Gasteiger partial charge in [-0.25, -0.2) is 4.72 Å². The Morgan fingerprint density at radius 1 is 1.00 bits per heavy atom. The molecule has 1 saturated heterocycles. The predicted octanol–water partition coefficient (Wildman–Crippen LogP) is 5.58. The summed E-state index contributed by atoms with van der Waals surface area (Å²) in [5.74, 6) is -0.972. The van der Waals surface area contributed by atoms with Gasteiger partial charge in [-0.2, -0.15) is 12.7 Å². The van der Waals surface area contributed by atoms with Crippen LogP contribution in [0.2, 0.25) is 0 Å². The molecule has 2 fully saturated rings. The summed E-state index contributed by atoms with van der Waals surface area (Å²) in [6.07, 6.45) is 5.47. The zero-order valence-corrected chi connectivity index (χ0v) is 28.4. The second-order valence-corrected chi connectivity index (χ2v) is 15.6. The van der Waals surface area contributed by atoms with Crippen LogP contribution < -0.4 is 9.46 Å². The first kappa shape index (κ1) is 32.4. The molecule has 48 heavy (non-hydrogen) atoms. The fourth-order valence-corrected chi connectivity index (χ4v) is 8.84. The predicted molar refractivity (Wildman–Crippen MR) is 184 cm³/mol. The van der Waals surface area contributed by atoms with Gasteiger partial charge in [0.15, 0.2) is 0 Å². The number of likely N-dealkylation sites (tertiary alicyclic amines) is 1. The van der Waals surface area contributed by atoms with Gasteiger partial charge in [-0.3, -0.25) is 14.5 Å². The van der Waals surface area contributed by atoms with Crippen molar-refractivity contribution in [2.24, 2.45) is 5.41 Å². The molecule has 7 rings (SSSR count). The summed E-state index contributed by atoms with van der Waals surface area (Å²) in [5.41, 5.74) is 5.01. The molecule has 3 heterocycles. The number of nitrogens with one attached hydrogen (secondary N) is 1. The van der Waals surface area contributed by atoms with Crippen LogP contribution in [0.1, 0.15) is 71.0 Å². The van der Waals surface area contributed by atoms with Crippen LogP contribution in [0.4, 0.5) is 0 Å². The van der Waals surface area contributed by atoms with Crippen molar-refractivity contribution in [1.29, 1.82) is 0 Å². The summed E-state index contributed by atoms with van der Waals surface area (Å²) in [5, 5.41) is 12.2. The number of nitrogens with zero attached hydrogens (tertiary/aromatic N) is 3. The molecule has 0 spiro atoms. The molecule has 10 nitrogen and oxygen atoms in total. The van der Waals surface area contributed by atoms with Crippen molar-refractivity contribution in [3.8, 4) is 17.0 Å². The molecule has 1 aromatic heterocycles. The number of amides is 1. The first-order valence-corrected chi connectivity index (χ1v) is 18.0. The standard InChI is InChI=1S/C37H42N4O6S/c1-39(2)48(45,46)38-35(42)26-14-16-29-32(18-26)41-23-37(36(43)44)22-40(20-24-10-6-4-7-11-24)21-31(37)30-19-27(47-3)15-17-28(30)34(41)33(29)25-12-8-5-9-13-25/h4,6-7,10-11,14-19,25,31H,5,8-9,12-13,20-23H2,1-3H3,(H,38,42)(H,43,44)/t31-,37-/m1/s1. The molecule has 1 saturated carbocycles. The van der Waals surface area contributed by atoms with Crippen molar-refractivity contribution < 1.29 is 27.9 Å². The monoisotopic (exact) mass is 670 g/mol. The summed E-state index contributed by atoms with van der Waals surface area (Å²) in [7, 11) is 0.339. The van der Waals surface area contributed by atoms with E-state index in [0.29, 0.717) is 25.4 Å². The van der Waals surface area contributed by atoms with Crippen LogP contribution in [-0.2, 0) is 28.1 Å². The average Bonchev–Trinajstić information content (AvgIpc) is 3.57. The topological polar surface area (TPSA) is 121 Å². The maximum Gasteiger partial charge on any atom is 0.313 e. The normalized spacial score (nSPS) is 21.4. The van der Waals surface area contributed by atoms with Gasteiger partial charge in [-0.15, -0.1) is 0 Å². The Labute approximate surface area is 281 Å². The van der Waals surface area contributed by atoms with Crippen LogP contribution in [0.3, 0.4) is 0 Å². The van der Waals surface area contributed by atoms with Crippen molar-refractivity contribution in [2.75, 3.05) is 34.3 Å². The highest BCUT2D eigenvalue weighted by Crippen LogP contribution is 2.55. The van der Waals surface area contributed by atoms with Crippen LogP contribution in [0.25, 0.3) is 22.2 Å². The van der Waals surface area contributed by atoms with Crippen molar-refractivity contribution in [2.45, 2.75) is 57.0 Å². The van der Waals surface area contributed by atoms with Crippen molar-refractivity contribution in [1.82, 2.24) is 18.5 Å². The lowest BCUT2D eigenvalue weighted by atomic mass is 9.73. The number of hydrogen-bond acceptors (Lipinski definition) is 6. The van der Waals surface area contributed by atoms with Crippen LogP contribution >= 0.6 is 0 Å². The molecule has 0 bridgehead atoms. The highest BCUT2D eigenvalue weighted by Gasteiger charge is 2.56. The lowest BCUT2D eigenvalue weighted by Gasteiger charge is -2.30. The van der Waals surface area contributed by atoms with E-state index in [-0.39, 0.29) is 23.9 Å². The zero-order chi connectivity index (χ0) is 33.8. The second kappa shape index (κ2) is 12.4. The molecule has 1 amide bonds. The fraction of sp³-hybridized carbons (Fsp3) is 0.405. The van der Waals surface area contributed by atoms with Gasteiger partial charge in [-0.1, -0.05) is 55.7 Å². The lowest BCUT2D eigenvalue weighted by Crippen LogP contribution is -2.41. The molecule has 2 aliphatic heterocycles. The Hall–Kier alpha value is -4.19. The first-order valence-electron chi connectivity index (χ1n) is 16.6. The Balaban J connectivity index is 1.46. The minimum Gasteiger partial charge on any atom is -0.497 e. The molecule has 0 unspecified atom stereocenters. The number of rotatable bonds is 8. The van der Waals surface area contributed by atoms with E-state index in [1.54, 1.807) is 19.2 Å². The number of aromatic nitrogens is 1. The third-order valence-corrected chi connectivity index (χ3v) is 12.1. The summed E-state index contributed by atoms with van der Waals surface area (Å²) in [6.45, 7) is 1.74. The van der Waals surface area contributed by atoms with Crippen molar-refractivity contribution >= 4 is 33.0 Å². The van der Waals surface area contributed by atoms with E-state index in [1.807, 2.05) is 36.4 Å². The molecular weight excluding hydrogens is 628 g/mol. The molecular formula is C37H42N4O6S. The summed E-state index contributed by atoms with van der Waals surface area (Å²) in [4.78, 5) is 29.3. The van der Waals surface area contributed by atoms with Gasteiger partial charge < -0.3 is 14.4 Å². The maximum absolute atomic E-state index is 13.7. The van der Waals surface area contributed by atoms with Crippen molar-refractivity contribution in [3.63, 3.8) is 0 Å². The summed E-state index contributed by atoms with van der Waals surface area (Å²) in [6, 6.07) is 21.5. The van der Waals surface area contributed by atoms with E-state index in [0.717, 1.165) is 63.3 Å². The van der Waals surface area contributed by atoms with Gasteiger partial charge in [0.05, 0.1) is 12.8 Å². The average molecular weight is 671 g/mol. The van der Waals surface area contributed by atoms with Crippen LogP contribution in [-0.4, -0.2) is 73.5 Å². The minimum absolute atomic E-state index is 0.195. The van der Waals surface area contributed by atoms with Crippen LogP contribution in [0.5, 0.6) is 5.75 Å². The van der Waals surface area contributed by atoms with Gasteiger partial charge in [-0.05, 0) is 65.8 Å². The van der Waals surface area contributed by atoms with Crippen LogP contribution in [0.15, 0.2) is 66.7 Å². The molecule has 252 valence electrons. The molecule has 4 aromatic rings. The van der Waals surface area contributed by atoms with Gasteiger partial charge in [0.2, 0.25) is 0 Å². The fourth-order valence-electron chi connectivity index (χ4n) is 8.31. The lowest BCUT2D eigenvalue weighted by molar-refractivity contribution is -0.150. The zero-order valence-electron chi connectivity index (χ0n) is 27.6. The molecule has 3 aromatic carbocycles. The Kier molecular flexibility index (Phi) is 8.33. The summed E-state index contributed by atoms with van der Waals surface area (Å²) >= 11 is 0. The second-order valence-electron chi connectivity index (χ2n) is 13.8. The Bertz CT molecular complexity index is 2000. The molecule has 0 radical (unpaired) electrons. The number of hydrogen-bond donors (Lipinski definition) is 2. The van der Waals surface area contributed by atoms with Gasteiger partial charge >= 0.3 is 16.2 Å². The number of methoxy groups -OCH3 is 1. The third-order valence-electron chi connectivity index (χ3n) is 10.7. The van der Waals surface area contributed by atoms with E-state index >= 15 is 0 Å². The van der Waals surface area contributed by atoms with E-state index in [2.05, 4.69) is 32.4 Å². The summed E-state index contributed by atoms with van der Waals surface area (Å²) < 4.78 is 36.1. The Morgan fingerprint density at radius 2 is 1.75 bits per heavy atom.